The maximum atomic E-state index is 12.9. The summed E-state index contributed by atoms with van der Waals surface area (Å²) in [4.78, 5) is 11.7. The first kappa shape index (κ1) is 12.1. The van der Waals surface area contributed by atoms with Gasteiger partial charge in [-0.1, -0.05) is 0 Å². The van der Waals surface area contributed by atoms with Crippen molar-refractivity contribution >= 4 is 11.6 Å². The molecule has 0 fully saturated rings. The summed E-state index contributed by atoms with van der Waals surface area (Å²) in [7, 11) is 0. The number of aromatic nitrogens is 2. The molecular weight excluding hydrogens is 235 g/mol. The van der Waals surface area contributed by atoms with Gasteiger partial charge in [-0.15, -0.1) is 0 Å². The lowest BCUT2D eigenvalue weighted by Gasteiger charge is -2.06. The van der Waals surface area contributed by atoms with Gasteiger partial charge in [0.2, 0.25) is 0 Å². The normalized spacial score (nSPS) is 10.3. The van der Waals surface area contributed by atoms with E-state index in [0.717, 1.165) is 0 Å². The Labute approximate surface area is 103 Å². The zero-order valence-corrected chi connectivity index (χ0v) is 9.64. The predicted octanol–water partition coefficient (Wildman–Crippen LogP) is 1.03. The summed E-state index contributed by atoms with van der Waals surface area (Å²) in [5, 5.41) is 6.71. The van der Waals surface area contributed by atoms with E-state index < -0.39 is 5.82 Å². The Morgan fingerprint density at radius 3 is 3.00 bits per heavy atom. The lowest BCUT2D eigenvalue weighted by molar-refractivity contribution is 0.0952. The third-order valence-corrected chi connectivity index (χ3v) is 2.44. The van der Waals surface area contributed by atoms with Gasteiger partial charge in [0.1, 0.15) is 5.82 Å². The maximum Gasteiger partial charge on any atom is 0.251 e. The summed E-state index contributed by atoms with van der Waals surface area (Å²) >= 11 is 0. The highest BCUT2D eigenvalue weighted by Gasteiger charge is 2.07. The van der Waals surface area contributed by atoms with E-state index in [9.17, 15) is 9.18 Å². The maximum absolute atomic E-state index is 12.9. The van der Waals surface area contributed by atoms with Crippen molar-refractivity contribution in [2.75, 3.05) is 12.3 Å². The Hall–Kier alpha value is -2.37. The SMILES string of the molecule is Nc1cc(C(=O)NCCn2cccn2)ccc1F. The molecule has 5 nitrogen and oxygen atoms in total. The van der Waals surface area contributed by atoms with Gasteiger partial charge in [0.15, 0.2) is 0 Å². The van der Waals surface area contributed by atoms with Crippen LogP contribution in [-0.4, -0.2) is 22.2 Å². The Balaban J connectivity index is 1.89. The summed E-state index contributed by atoms with van der Waals surface area (Å²) in [5.74, 6) is -0.808. The molecule has 1 amide bonds. The molecule has 0 spiro atoms. The van der Waals surface area contributed by atoms with Gasteiger partial charge in [0.05, 0.1) is 12.2 Å². The molecule has 0 saturated carbocycles. The average molecular weight is 248 g/mol. The van der Waals surface area contributed by atoms with Gasteiger partial charge in [-0.3, -0.25) is 9.48 Å². The first-order chi connectivity index (χ1) is 8.66. The number of amides is 1. The fraction of sp³-hybridized carbons (Fsp3) is 0.167. The van der Waals surface area contributed by atoms with Crippen molar-refractivity contribution in [3.8, 4) is 0 Å². The highest BCUT2D eigenvalue weighted by molar-refractivity contribution is 5.94. The molecule has 0 bridgehead atoms. The third kappa shape index (κ3) is 2.85. The molecule has 18 heavy (non-hydrogen) atoms. The minimum absolute atomic E-state index is 0.0327. The van der Waals surface area contributed by atoms with E-state index in [1.807, 2.05) is 12.3 Å². The lowest BCUT2D eigenvalue weighted by atomic mass is 10.2. The number of nitrogens with one attached hydrogen (secondary N) is 1. The zero-order chi connectivity index (χ0) is 13.0. The number of carbonyl (C=O) groups is 1. The van der Waals surface area contributed by atoms with E-state index in [0.29, 0.717) is 18.7 Å². The van der Waals surface area contributed by atoms with Crippen molar-refractivity contribution < 1.29 is 9.18 Å². The van der Waals surface area contributed by atoms with Crippen LogP contribution in [0.1, 0.15) is 10.4 Å². The largest absolute Gasteiger partial charge is 0.396 e. The van der Waals surface area contributed by atoms with Crippen LogP contribution in [0, 0.1) is 5.82 Å². The zero-order valence-electron chi connectivity index (χ0n) is 9.64. The van der Waals surface area contributed by atoms with E-state index in [1.54, 1.807) is 10.9 Å². The predicted molar refractivity (Wildman–Crippen MR) is 65.4 cm³/mol. The molecule has 0 aliphatic rings. The van der Waals surface area contributed by atoms with Crippen molar-refractivity contribution in [3.05, 3.63) is 48.0 Å². The lowest BCUT2D eigenvalue weighted by Crippen LogP contribution is -2.27. The number of anilines is 1. The van der Waals surface area contributed by atoms with E-state index in [2.05, 4.69) is 10.4 Å². The molecule has 6 heteroatoms. The molecule has 1 aromatic carbocycles. The highest BCUT2D eigenvalue weighted by atomic mass is 19.1. The van der Waals surface area contributed by atoms with E-state index >= 15 is 0 Å². The van der Waals surface area contributed by atoms with E-state index in [-0.39, 0.29) is 11.6 Å². The van der Waals surface area contributed by atoms with Crippen LogP contribution in [0.2, 0.25) is 0 Å². The average Bonchev–Trinajstić information content (AvgIpc) is 2.85. The van der Waals surface area contributed by atoms with Crippen molar-refractivity contribution in [3.63, 3.8) is 0 Å². The number of rotatable bonds is 4. The second-order valence-corrected chi connectivity index (χ2v) is 3.76. The van der Waals surface area contributed by atoms with E-state index in [4.69, 9.17) is 5.73 Å². The van der Waals surface area contributed by atoms with Gasteiger partial charge in [-0.25, -0.2) is 4.39 Å². The number of hydrogen-bond acceptors (Lipinski definition) is 3. The number of hydrogen-bond donors (Lipinski definition) is 2. The first-order valence-electron chi connectivity index (χ1n) is 5.47. The Morgan fingerprint density at radius 1 is 1.50 bits per heavy atom. The second kappa shape index (κ2) is 5.31. The molecule has 1 heterocycles. The Kier molecular flexibility index (Phi) is 3.57. The van der Waals surface area contributed by atoms with Crippen molar-refractivity contribution in [2.24, 2.45) is 0 Å². The van der Waals surface area contributed by atoms with Gasteiger partial charge in [-0.2, -0.15) is 5.10 Å². The fourth-order valence-electron chi connectivity index (χ4n) is 1.50. The van der Waals surface area contributed by atoms with Crippen LogP contribution in [0.3, 0.4) is 0 Å². The number of nitrogens with zero attached hydrogens (tertiary/aromatic N) is 2. The van der Waals surface area contributed by atoms with Gasteiger partial charge in [0.25, 0.3) is 5.91 Å². The molecule has 2 rings (SSSR count). The van der Waals surface area contributed by atoms with Crippen LogP contribution < -0.4 is 11.1 Å². The third-order valence-electron chi connectivity index (χ3n) is 2.44. The number of nitrogens with two attached hydrogens (primary N) is 1. The quantitative estimate of drug-likeness (QED) is 0.794. The molecule has 94 valence electrons. The van der Waals surface area contributed by atoms with E-state index in [1.165, 1.54) is 18.2 Å². The standard InChI is InChI=1S/C12H13FN4O/c13-10-3-2-9(8-11(10)14)12(18)15-5-7-17-6-1-4-16-17/h1-4,6,8H,5,7,14H2,(H,15,18). The van der Waals surface area contributed by atoms with Gasteiger partial charge < -0.3 is 11.1 Å². The van der Waals surface area contributed by atoms with Crippen LogP contribution in [0.25, 0.3) is 0 Å². The Bertz CT molecular complexity index is 539. The van der Waals surface area contributed by atoms with Crippen molar-refractivity contribution in [2.45, 2.75) is 6.54 Å². The molecule has 0 aliphatic carbocycles. The molecule has 3 N–H and O–H groups in total. The van der Waals surface area contributed by atoms with Crippen molar-refractivity contribution in [1.82, 2.24) is 15.1 Å². The number of carbonyl (C=O) groups excluding carboxylic acids is 1. The van der Waals surface area contributed by atoms with Gasteiger partial charge in [0, 0.05) is 24.5 Å². The summed E-state index contributed by atoms with van der Waals surface area (Å²) in [6, 6.07) is 5.70. The molecule has 0 saturated heterocycles. The summed E-state index contributed by atoms with van der Waals surface area (Å²) in [6.07, 6.45) is 3.48. The number of nitrogen functional groups attached to an aromatic ring is 1. The summed E-state index contributed by atoms with van der Waals surface area (Å²) in [6.45, 7) is 1.02. The molecule has 2 aromatic rings. The molecule has 1 aromatic heterocycles. The first-order valence-corrected chi connectivity index (χ1v) is 5.47. The topological polar surface area (TPSA) is 72.9 Å². The summed E-state index contributed by atoms with van der Waals surface area (Å²) < 4.78 is 14.6. The van der Waals surface area contributed by atoms with Crippen LogP contribution in [0.5, 0.6) is 0 Å². The minimum atomic E-state index is -0.525. The number of benzene rings is 1. The molecular formula is C12H13FN4O. The highest BCUT2D eigenvalue weighted by Crippen LogP contribution is 2.11. The van der Waals surface area contributed by atoms with Gasteiger partial charge >= 0.3 is 0 Å². The smallest absolute Gasteiger partial charge is 0.251 e. The monoisotopic (exact) mass is 248 g/mol. The fourth-order valence-corrected chi connectivity index (χ4v) is 1.50. The molecule has 0 atom stereocenters. The minimum Gasteiger partial charge on any atom is -0.396 e. The van der Waals surface area contributed by atoms with Crippen LogP contribution >= 0.6 is 0 Å². The van der Waals surface area contributed by atoms with Crippen LogP contribution in [0.15, 0.2) is 36.7 Å². The van der Waals surface area contributed by atoms with Crippen LogP contribution in [0.4, 0.5) is 10.1 Å². The molecule has 0 aliphatic heterocycles. The number of halogens is 1. The van der Waals surface area contributed by atoms with Gasteiger partial charge in [-0.05, 0) is 24.3 Å². The second-order valence-electron chi connectivity index (χ2n) is 3.76. The molecule has 0 unspecified atom stereocenters. The molecule has 0 radical (unpaired) electrons. The summed E-state index contributed by atoms with van der Waals surface area (Å²) in [5.41, 5.74) is 5.70. The Morgan fingerprint density at radius 2 is 2.33 bits per heavy atom. The van der Waals surface area contributed by atoms with Crippen LogP contribution in [-0.2, 0) is 6.54 Å². The van der Waals surface area contributed by atoms with Crippen molar-refractivity contribution in [1.29, 1.82) is 0 Å².